The number of hydrogen-bond donors (Lipinski definition) is 2. The molecule has 0 aliphatic heterocycles. The average molecular weight is 222 g/mol. The van der Waals surface area contributed by atoms with Crippen LogP contribution in [0, 0.1) is 17.8 Å². The van der Waals surface area contributed by atoms with Gasteiger partial charge in [-0.25, -0.2) is 0 Å². The number of hydrogen-bond acceptors (Lipinski definition) is 2. The second kappa shape index (κ2) is 5.91. The highest BCUT2D eigenvalue weighted by molar-refractivity contribution is 5.83. The highest BCUT2D eigenvalue weighted by Crippen LogP contribution is 2.37. The van der Waals surface area contributed by atoms with Crippen molar-refractivity contribution in [1.29, 1.82) is 0 Å². The maximum Gasteiger partial charge on any atom is 0.227 e. The van der Waals surface area contributed by atoms with Gasteiger partial charge in [0.1, 0.15) is 0 Å². The van der Waals surface area contributed by atoms with Crippen molar-refractivity contribution in [2.75, 3.05) is 6.54 Å². The first-order chi connectivity index (χ1) is 7.68. The number of amides is 1. The van der Waals surface area contributed by atoms with Gasteiger partial charge in [0.05, 0.1) is 5.41 Å². The van der Waals surface area contributed by atoms with Gasteiger partial charge in [0, 0.05) is 19.0 Å². The molecule has 1 amide bonds. The molecule has 1 aliphatic carbocycles. The van der Waals surface area contributed by atoms with Gasteiger partial charge >= 0.3 is 0 Å². The molecule has 90 valence electrons. The maximum absolute atomic E-state index is 12.2. The van der Waals surface area contributed by atoms with Crippen molar-refractivity contribution < 1.29 is 4.79 Å². The Morgan fingerprint density at radius 1 is 1.56 bits per heavy atom. The van der Waals surface area contributed by atoms with Crippen molar-refractivity contribution >= 4 is 5.91 Å². The second-order valence-corrected chi connectivity index (χ2v) is 4.68. The second-order valence-electron chi connectivity index (χ2n) is 4.68. The molecule has 0 heterocycles. The summed E-state index contributed by atoms with van der Waals surface area (Å²) >= 11 is 0. The molecule has 1 atom stereocenters. The summed E-state index contributed by atoms with van der Waals surface area (Å²) in [5.41, 5.74) is 5.44. The van der Waals surface area contributed by atoms with Crippen molar-refractivity contribution in [3.63, 3.8) is 0 Å². The molecule has 3 nitrogen and oxygen atoms in total. The molecule has 0 spiro atoms. The molecule has 3 heteroatoms. The van der Waals surface area contributed by atoms with Crippen molar-refractivity contribution in [1.82, 2.24) is 5.32 Å². The zero-order chi connectivity index (χ0) is 12.0. The Hall–Kier alpha value is -1.01. The molecule has 1 unspecified atom stereocenters. The van der Waals surface area contributed by atoms with E-state index in [4.69, 9.17) is 12.2 Å². The fourth-order valence-corrected chi connectivity index (χ4v) is 2.35. The Morgan fingerprint density at radius 3 is 2.62 bits per heavy atom. The Morgan fingerprint density at radius 2 is 2.19 bits per heavy atom. The monoisotopic (exact) mass is 222 g/mol. The highest BCUT2D eigenvalue weighted by Gasteiger charge is 2.40. The Balaban J connectivity index is 2.59. The Kier molecular flexibility index (Phi) is 4.82. The summed E-state index contributed by atoms with van der Waals surface area (Å²) in [6.45, 7) is 2.48. The molecule has 1 aliphatic rings. The maximum atomic E-state index is 12.2. The number of terminal acetylenes is 1. The van der Waals surface area contributed by atoms with E-state index < -0.39 is 0 Å². The first kappa shape index (κ1) is 13.1. The summed E-state index contributed by atoms with van der Waals surface area (Å²) in [7, 11) is 0. The molecule has 0 aromatic rings. The third-order valence-corrected chi connectivity index (χ3v) is 3.63. The lowest BCUT2D eigenvalue weighted by molar-refractivity contribution is -0.131. The van der Waals surface area contributed by atoms with Gasteiger partial charge in [0.25, 0.3) is 0 Å². The van der Waals surface area contributed by atoms with Crippen molar-refractivity contribution in [3.05, 3.63) is 0 Å². The van der Waals surface area contributed by atoms with Crippen LogP contribution in [0.2, 0.25) is 0 Å². The van der Waals surface area contributed by atoms with E-state index >= 15 is 0 Å². The molecule has 3 N–H and O–H groups in total. The van der Waals surface area contributed by atoms with E-state index in [1.807, 2.05) is 6.92 Å². The molecular formula is C13H22N2O. The zero-order valence-electron chi connectivity index (χ0n) is 10.1. The number of nitrogens with two attached hydrogens (primary N) is 1. The van der Waals surface area contributed by atoms with Gasteiger partial charge in [-0.2, -0.15) is 0 Å². The zero-order valence-corrected chi connectivity index (χ0v) is 10.1. The third-order valence-electron chi connectivity index (χ3n) is 3.63. The van der Waals surface area contributed by atoms with Crippen LogP contribution in [0.1, 0.15) is 45.4 Å². The molecular weight excluding hydrogens is 200 g/mol. The first-order valence-electron chi connectivity index (χ1n) is 6.13. The van der Waals surface area contributed by atoms with Gasteiger partial charge in [-0.15, -0.1) is 12.3 Å². The van der Waals surface area contributed by atoms with Crippen LogP contribution in [0.15, 0.2) is 0 Å². The summed E-state index contributed by atoms with van der Waals surface area (Å²) in [5, 5.41) is 3.04. The van der Waals surface area contributed by atoms with E-state index in [0.717, 1.165) is 32.1 Å². The van der Waals surface area contributed by atoms with Crippen LogP contribution in [0.5, 0.6) is 0 Å². The lowest BCUT2D eigenvalue weighted by Gasteiger charge is -2.28. The minimum absolute atomic E-state index is 0.0986. The Labute approximate surface area is 98.2 Å². The van der Waals surface area contributed by atoms with Crippen LogP contribution < -0.4 is 11.1 Å². The fraction of sp³-hybridized carbons (Fsp3) is 0.769. The molecule has 0 radical (unpaired) electrons. The van der Waals surface area contributed by atoms with E-state index in [1.54, 1.807) is 0 Å². The van der Waals surface area contributed by atoms with Gasteiger partial charge in [0.2, 0.25) is 5.91 Å². The minimum Gasteiger partial charge on any atom is -0.352 e. The standard InChI is InChI=1S/C13H22N2O/c1-3-7-11(4-2)15-12(16)13(10-14)8-5-6-9-13/h1,11H,4-10,14H2,2H3,(H,15,16). The van der Waals surface area contributed by atoms with Crippen molar-refractivity contribution in [2.45, 2.75) is 51.5 Å². The smallest absolute Gasteiger partial charge is 0.227 e. The summed E-state index contributed by atoms with van der Waals surface area (Å²) in [6.07, 6.45) is 10.8. The summed E-state index contributed by atoms with van der Waals surface area (Å²) in [6, 6.07) is 0.0986. The van der Waals surface area contributed by atoms with E-state index in [9.17, 15) is 4.79 Å². The summed E-state index contributed by atoms with van der Waals surface area (Å²) in [4.78, 5) is 12.2. The normalized spacial score (nSPS) is 20.1. The lowest BCUT2D eigenvalue weighted by Crippen LogP contribution is -2.47. The lowest BCUT2D eigenvalue weighted by atomic mass is 9.85. The van der Waals surface area contributed by atoms with Gasteiger partial charge in [0.15, 0.2) is 0 Å². The van der Waals surface area contributed by atoms with Gasteiger partial charge < -0.3 is 11.1 Å². The predicted molar refractivity (Wildman–Crippen MR) is 65.6 cm³/mol. The molecule has 1 saturated carbocycles. The number of rotatable bonds is 5. The number of nitrogens with one attached hydrogen (secondary N) is 1. The van der Waals surface area contributed by atoms with E-state index in [-0.39, 0.29) is 17.4 Å². The topological polar surface area (TPSA) is 55.1 Å². The highest BCUT2D eigenvalue weighted by atomic mass is 16.2. The fourth-order valence-electron chi connectivity index (χ4n) is 2.35. The van der Waals surface area contributed by atoms with Crippen LogP contribution in [0.25, 0.3) is 0 Å². The summed E-state index contributed by atoms with van der Waals surface area (Å²) in [5.74, 6) is 2.71. The molecule has 0 bridgehead atoms. The minimum atomic E-state index is -0.317. The molecule has 1 fully saturated rings. The molecule has 1 rings (SSSR count). The van der Waals surface area contributed by atoms with Crippen LogP contribution in [-0.4, -0.2) is 18.5 Å². The van der Waals surface area contributed by atoms with Gasteiger partial charge in [-0.05, 0) is 19.3 Å². The third kappa shape index (κ3) is 2.76. The Bertz CT molecular complexity index is 274. The number of carbonyl (C=O) groups excluding carboxylic acids is 1. The SMILES string of the molecule is C#CCC(CC)NC(=O)C1(CN)CCCC1. The van der Waals surface area contributed by atoms with Crippen LogP contribution in [0.4, 0.5) is 0 Å². The average Bonchev–Trinajstić information content (AvgIpc) is 2.78. The van der Waals surface area contributed by atoms with Crippen LogP contribution in [0.3, 0.4) is 0 Å². The largest absolute Gasteiger partial charge is 0.352 e. The molecule has 16 heavy (non-hydrogen) atoms. The molecule has 0 saturated heterocycles. The molecule has 0 aromatic heterocycles. The van der Waals surface area contributed by atoms with E-state index in [2.05, 4.69) is 11.2 Å². The van der Waals surface area contributed by atoms with E-state index in [1.165, 1.54) is 0 Å². The van der Waals surface area contributed by atoms with Crippen molar-refractivity contribution in [3.8, 4) is 12.3 Å². The quantitative estimate of drug-likeness (QED) is 0.691. The van der Waals surface area contributed by atoms with Crippen LogP contribution in [-0.2, 0) is 4.79 Å². The predicted octanol–water partition coefficient (Wildman–Crippen LogP) is 1.42. The van der Waals surface area contributed by atoms with Crippen molar-refractivity contribution in [2.24, 2.45) is 11.1 Å². The summed E-state index contributed by atoms with van der Waals surface area (Å²) < 4.78 is 0. The van der Waals surface area contributed by atoms with Gasteiger partial charge in [-0.1, -0.05) is 19.8 Å². The van der Waals surface area contributed by atoms with E-state index in [0.29, 0.717) is 13.0 Å². The first-order valence-corrected chi connectivity index (χ1v) is 6.13. The van der Waals surface area contributed by atoms with Crippen LogP contribution >= 0.6 is 0 Å². The molecule has 0 aromatic carbocycles. The van der Waals surface area contributed by atoms with Gasteiger partial charge in [-0.3, -0.25) is 4.79 Å². The number of carbonyl (C=O) groups is 1.